The van der Waals surface area contributed by atoms with Crippen LogP contribution in [0.4, 0.5) is 4.79 Å². The van der Waals surface area contributed by atoms with E-state index < -0.39 is 31.1 Å². The summed E-state index contributed by atoms with van der Waals surface area (Å²) in [5.74, 6) is -1.07. The minimum Gasteiger partial charge on any atom is -0.480 e. The number of imide groups is 1. The van der Waals surface area contributed by atoms with Gasteiger partial charge in [0.05, 0.1) is 0 Å². The summed E-state index contributed by atoms with van der Waals surface area (Å²) in [6.45, 7) is 1.17. The highest BCUT2D eigenvalue weighted by Crippen LogP contribution is 2.26. The Kier molecular flexibility index (Phi) is 7.00. The van der Waals surface area contributed by atoms with Crippen molar-refractivity contribution in [1.82, 2.24) is 10.6 Å². The van der Waals surface area contributed by atoms with Crippen LogP contribution < -0.4 is 10.6 Å². The zero-order valence-corrected chi connectivity index (χ0v) is 11.7. The fraction of sp³-hybridized carbons (Fsp3) is 0.769. The van der Waals surface area contributed by atoms with E-state index in [1.165, 1.54) is 0 Å². The average Bonchev–Trinajstić information content (AvgIpc) is 2.38. The molecule has 0 spiro atoms. The number of nitrogens with one attached hydrogen (secondary N) is 2. The molecule has 0 aromatic heterocycles. The number of hydrogen-bond acceptors (Lipinski definition) is 4. The van der Waals surface area contributed by atoms with Crippen molar-refractivity contribution in [2.24, 2.45) is 5.92 Å². The van der Waals surface area contributed by atoms with Gasteiger partial charge in [-0.15, -0.1) is 0 Å². The molecule has 114 valence electrons. The predicted octanol–water partition coefficient (Wildman–Crippen LogP) is 0.882. The first-order valence-electron chi connectivity index (χ1n) is 6.91. The summed E-state index contributed by atoms with van der Waals surface area (Å²) in [4.78, 5) is 33.0. The van der Waals surface area contributed by atoms with Crippen molar-refractivity contribution in [2.75, 3.05) is 13.2 Å². The number of carbonyl (C=O) groups is 3. The third kappa shape index (κ3) is 6.51. The van der Waals surface area contributed by atoms with Gasteiger partial charge in [-0.1, -0.05) is 13.3 Å². The average molecular weight is 286 g/mol. The fourth-order valence-corrected chi connectivity index (χ4v) is 2.33. The monoisotopic (exact) mass is 286 g/mol. The molecule has 7 nitrogen and oxygen atoms in total. The third-order valence-electron chi connectivity index (χ3n) is 3.47. The highest BCUT2D eigenvalue weighted by Gasteiger charge is 2.21. The molecule has 3 N–H and O–H groups in total. The van der Waals surface area contributed by atoms with E-state index >= 15 is 0 Å². The molecule has 0 radical (unpaired) electrons. The van der Waals surface area contributed by atoms with Crippen LogP contribution in [0.1, 0.15) is 39.0 Å². The molecule has 0 aromatic rings. The second-order valence-electron chi connectivity index (χ2n) is 5.03. The molecule has 1 aliphatic rings. The van der Waals surface area contributed by atoms with Crippen LogP contribution in [0.3, 0.4) is 0 Å². The normalized spacial score (nSPS) is 22.1. The number of carboxylic acids is 1. The summed E-state index contributed by atoms with van der Waals surface area (Å²) in [5.41, 5.74) is 0. The van der Waals surface area contributed by atoms with Gasteiger partial charge in [-0.3, -0.25) is 10.1 Å². The highest BCUT2D eigenvalue weighted by molar-refractivity contribution is 5.95. The van der Waals surface area contributed by atoms with Gasteiger partial charge in [0.25, 0.3) is 5.91 Å². The van der Waals surface area contributed by atoms with Crippen molar-refractivity contribution in [2.45, 2.75) is 45.1 Å². The molecule has 1 fully saturated rings. The molecule has 7 heteroatoms. The lowest BCUT2D eigenvalue weighted by atomic mass is 9.85. The second-order valence-corrected chi connectivity index (χ2v) is 5.03. The van der Waals surface area contributed by atoms with Crippen molar-refractivity contribution in [3.05, 3.63) is 0 Å². The quantitative estimate of drug-likeness (QED) is 0.672. The molecule has 1 aliphatic carbocycles. The zero-order chi connectivity index (χ0) is 15.0. The van der Waals surface area contributed by atoms with Gasteiger partial charge in [-0.2, -0.15) is 0 Å². The van der Waals surface area contributed by atoms with Gasteiger partial charge in [0.2, 0.25) is 0 Å². The Bertz CT molecular complexity index is 351. The lowest BCUT2D eigenvalue weighted by Gasteiger charge is -2.28. The Morgan fingerprint density at radius 2 is 1.80 bits per heavy atom. The number of carbonyl (C=O) groups excluding carboxylic acids is 2. The summed E-state index contributed by atoms with van der Waals surface area (Å²) in [6.07, 6.45) is 5.21. The van der Waals surface area contributed by atoms with Crippen LogP contribution in [0.5, 0.6) is 0 Å². The largest absolute Gasteiger partial charge is 0.480 e. The molecular weight excluding hydrogens is 264 g/mol. The first-order valence-corrected chi connectivity index (χ1v) is 6.91. The Morgan fingerprint density at radius 3 is 2.35 bits per heavy atom. The van der Waals surface area contributed by atoms with E-state index in [0.29, 0.717) is 0 Å². The molecule has 0 aromatic carbocycles. The molecule has 0 atom stereocenters. The third-order valence-corrected chi connectivity index (χ3v) is 3.47. The van der Waals surface area contributed by atoms with Crippen molar-refractivity contribution in [1.29, 1.82) is 0 Å². The Morgan fingerprint density at radius 1 is 1.15 bits per heavy atom. The molecular formula is C13H22N2O5. The van der Waals surface area contributed by atoms with Gasteiger partial charge >= 0.3 is 12.0 Å². The van der Waals surface area contributed by atoms with Crippen LogP contribution in [-0.2, 0) is 14.3 Å². The van der Waals surface area contributed by atoms with E-state index in [9.17, 15) is 14.4 Å². The smallest absolute Gasteiger partial charge is 0.329 e. The molecule has 1 saturated carbocycles. The Hall–Kier alpha value is -1.63. The Labute approximate surface area is 118 Å². The van der Waals surface area contributed by atoms with Crippen LogP contribution >= 0.6 is 0 Å². The number of carboxylic acid groups (broad SMARTS) is 1. The molecule has 0 heterocycles. The maximum absolute atomic E-state index is 11.6. The van der Waals surface area contributed by atoms with Crippen molar-refractivity contribution in [3.8, 4) is 0 Å². The first kappa shape index (κ1) is 16.4. The number of ether oxygens (including phenoxy) is 1. The van der Waals surface area contributed by atoms with E-state index in [4.69, 9.17) is 5.11 Å². The van der Waals surface area contributed by atoms with Crippen LogP contribution in [0.25, 0.3) is 0 Å². The standard InChI is InChI=1S/C13H22N2O5/c1-2-9-3-5-10(6-4-9)14-13(19)15-11(16)7-20-8-12(17)18/h9-10H,2-8H2,1H3,(H,17,18)(H2,14,15,16,19). The SMILES string of the molecule is CCC1CCC(NC(=O)NC(=O)COCC(=O)O)CC1. The summed E-state index contributed by atoms with van der Waals surface area (Å²) >= 11 is 0. The van der Waals surface area contributed by atoms with Crippen LogP contribution in [-0.4, -0.2) is 42.3 Å². The van der Waals surface area contributed by atoms with Gasteiger partial charge in [0.1, 0.15) is 13.2 Å². The zero-order valence-electron chi connectivity index (χ0n) is 11.7. The first-order chi connectivity index (χ1) is 9.51. The van der Waals surface area contributed by atoms with E-state index in [1.807, 2.05) is 0 Å². The number of amides is 3. The molecule has 3 amide bonds. The summed E-state index contributed by atoms with van der Waals surface area (Å²) in [6, 6.07) is -0.445. The van der Waals surface area contributed by atoms with E-state index in [1.54, 1.807) is 0 Å². The van der Waals surface area contributed by atoms with Gasteiger partial charge < -0.3 is 15.2 Å². The van der Waals surface area contributed by atoms with Crippen molar-refractivity contribution < 1.29 is 24.2 Å². The van der Waals surface area contributed by atoms with E-state index in [2.05, 4.69) is 22.3 Å². The van der Waals surface area contributed by atoms with Gasteiger partial charge in [-0.05, 0) is 31.6 Å². The lowest BCUT2D eigenvalue weighted by Crippen LogP contribution is -2.46. The summed E-state index contributed by atoms with van der Waals surface area (Å²) in [7, 11) is 0. The minimum absolute atomic E-state index is 0.102. The Balaban J connectivity index is 2.16. The number of rotatable bonds is 6. The molecule has 1 rings (SSSR count). The lowest BCUT2D eigenvalue weighted by molar-refractivity contribution is -0.143. The minimum atomic E-state index is -1.16. The van der Waals surface area contributed by atoms with Gasteiger partial charge in [0, 0.05) is 6.04 Å². The summed E-state index contributed by atoms with van der Waals surface area (Å²) in [5, 5.41) is 13.2. The van der Waals surface area contributed by atoms with Crippen LogP contribution in [0.2, 0.25) is 0 Å². The van der Waals surface area contributed by atoms with Gasteiger partial charge in [-0.25, -0.2) is 9.59 Å². The topological polar surface area (TPSA) is 105 Å². The molecule has 0 saturated heterocycles. The number of aliphatic carboxylic acids is 1. The second kappa shape index (κ2) is 8.52. The van der Waals surface area contributed by atoms with Gasteiger partial charge in [0.15, 0.2) is 0 Å². The molecule has 0 aliphatic heterocycles. The number of urea groups is 1. The van der Waals surface area contributed by atoms with E-state index in [-0.39, 0.29) is 6.04 Å². The van der Waals surface area contributed by atoms with Crippen molar-refractivity contribution in [3.63, 3.8) is 0 Å². The molecule has 0 unspecified atom stereocenters. The molecule has 0 bridgehead atoms. The predicted molar refractivity (Wildman–Crippen MR) is 71.2 cm³/mol. The maximum atomic E-state index is 11.6. The van der Waals surface area contributed by atoms with Crippen LogP contribution in [0.15, 0.2) is 0 Å². The fourth-order valence-electron chi connectivity index (χ4n) is 2.33. The van der Waals surface area contributed by atoms with Crippen molar-refractivity contribution >= 4 is 17.9 Å². The molecule has 20 heavy (non-hydrogen) atoms. The maximum Gasteiger partial charge on any atom is 0.329 e. The van der Waals surface area contributed by atoms with Crippen LogP contribution in [0, 0.1) is 5.92 Å². The number of hydrogen-bond donors (Lipinski definition) is 3. The summed E-state index contributed by atoms with van der Waals surface area (Å²) < 4.78 is 4.58. The highest BCUT2D eigenvalue weighted by atomic mass is 16.5. The van der Waals surface area contributed by atoms with E-state index in [0.717, 1.165) is 38.0 Å².